The summed E-state index contributed by atoms with van der Waals surface area (Å²) >= 11 is 0. The molecule has 0 radical (unpaired) electrons. The smallest absolute Gasteiger partial charge is 0.0195 e. The predicted molar refractivity (Wildman–Crippen MR) is 69.7 cm³/mol. The maximum absolute atomic E-state index is 3.63. The molecule has 2 nitrogen and oxygen atoms in total. The molecule has 0 bridgehead atoms. The highest BCUT2D eigenvalue weighted by Crippen LogP contribution is 2.30. The maximum Gasteiger partial charge on any atom is 0.0195 e. The van der Waals surface area contributed by atoms with E-state index in [4.69, 9.17) is 0 Å². The summed E-state index contributed by atoms with van der Waals surface area (Å²) in [6, 6.07) is 1.57. The molecule has 1 aliphatic carbocycles. The lowest BCUT2D eigenvalue weighted by Gasteiger charge is -2.34. The van der Waals surface area contributed by atoms with Crippen molar-refractivity contribution in [3.8, 4) is 0 Å². The molecule has 1 N–H and O–H groups in total. The molecule has 2 fully saturated rings. The van der Waals surface area contributed by atoms with Crippen LogP contribution in [0.25, 0.3) is 0 Å². The van der Waals surface area contributed by atoms with E-state index in [1.807, 2.05) is 0 Å². The number of nitrogens with one attached hydrogen (secondary N) is 1. The van der Waals surface area contributed by atoms with Gasteiger partial charge in [-0.25, -0.2) is 0 Å². The number of likely N-dealkylation sites (N-methyl/N-ethyl adjacent to an activating group) is 1. The molecule has 1 heterocycles. The van der Waals surface area contributed by atoms with Gasteiger partial charge in [0.25, 0.3) is 0 Å². The highest BCUT2D eigenvalue weighted by atomic mass is 15.2. The fourth-order valence-corrected chi connectivity index (χ4v) is 3.52. The van der Waals surface area contributed by atoms with E-state index in [1.165, 1.54) is 58.2 Å². The van der Waals surface area contributed by atoms with Crippen molar-refractivity contribution < 1.29 is 0 Å². The van der Waals surface area contributed by atoms with E-state index in [9.17, 15) is 0 Å². The van der Waals surface area contributed by atoms with E-state index in [2.05, 4.69) is 24.1 Å². The number of rotatable bonds is 5. The largest absolute Gasteiger partial charge is 0.313 e. The Labute approximate surface area is 101 Å². The maximum atomic E-state index is 3.63. The molecule has 2 rings (SSSR count). The molecular formula is C14H28N2. The summed E-state index contributed by atoms with van der Waals surface area (Å²) in [5.74, 6) is 0.973. The van der Waals surface area contributed by atoms with E-state index in [0.29, 0.717) is 0 Å². The molecule has 16 heavy (non-hydrogen) atoms. The van der Waals surface area contributed by atoms with Crippen LogP contribution in [0.4, 0.5) is 0 Å². The zero-order valence-electron chi connectivity index (χ0n) is 11.0. The molecule has 94 valence electrons. The third-order valence-electron chi connectivity index (χ3n) is 4.68. The molecule has 1 aliphatic heterocycles. The molecule has 2 heteroatoms. The van der Waals surface area contributed by atoms with Crippen LogP contribution in [-0.4, -0.2) is 36.6 Å². The third-order valence-corrected chi connectivity index (χ3v) is 4.68. The Bertz CT molecular complexity index is 193. The van der Waals surface area contributed by atoms with Gasteiger partial charge in [0.15, 0.2) is 0 Å². The minimum Gasteiger partial charge on any atom is -0.313 e. The zero-order chi connectivity index (χ0) is 11.4. The van der Waals surface area contributed by atoms with E-state index in [0.717, 1.165) is 18.0 Å². The molecule has 1 saturated heterocycles. The second kappa shape index (κ2) is 6.02. The van der Waals surface area contributed by atoms with Gasteiger partial charge >= 0.3 is 0 Å². The molecule has 0 amide bonds. The van der Waals surface area contributed by atoms with Crippen LogP contribution in [0.5, 0.6) is 0 Å². The van der Waals surface area contributed by atoms with Gasteiger partial charge in [0.1, 0.15) is 0 Å². The fourth-order valence-electron chi connectivity index (χ4n) is 3.52. The predicted octanol–water partition coefficient (Wildman–Crippen LogP) is 2.64. The van der Waals surface area contributed by atoms with Crippen molar-refractivity contribution in [3.05, 3.63) is 0 Å². The SMILES string of the molecule is CCN(CC1CCCN1)C(C)C1CCCC1. The van der Waals surface area contributed by atoms with Crippen LogP contribution < -0.4 is 5.32 Å². The second-order valence-electron chi connectivity index (χ2n) is 5.67. The van der Waals surface area contributed by atoms with Gasteiger partial charge in [-0.2, -0.15) is 0 Å². The van der Waals surface area contributed by atoms with Gasteiger partial charge in [-0.1, -0.05) is 19.8 Å². The lowest BCUT2D eigenvalue weighted by Crippen LogP contribution is -2.44. The van der Waals surface area contributed by atoms with Gasteiger partial charge in [-0.3, -0.25) is 4.90 Å². The normalized spacial score (nSPS) is 29.1. The number of hydrogen-bond acceptors (Lipinski definition) is 2. The zero-order valence-corrected chi connectivity index (χ0v) is 11.0. The van der Waals surface area contributed by atoms with Crippen molar-refractivity contribution in [3.63, 3.8) is 0 Å². The average molecular weight is 224 g/mol. The van der Waals surface area contributed by atoms with Crippen molar-refractivity contribution in [2.75, 3.05) is 19.6 Å². The lowest BCUT2D eigenvalue weighted by atomic mass is 9.97. The first-order valence-corrected chi connectivity index (χ1v) is 7.28. The molecule has 0 aromatic heterocycles. The van der Waals surface area contributed by atoms with E-state index >= 15 is 0 Å². The highest BCUT2D eigenvalue weighted by Gasteiger charge is 2.27. The minimum atomic E-state index is 0.767. The van der Waals surface area contributed by atoms with Crippen LogP contribution in [-0.2, 0) is 0 Å². The standard InChI is InChI=1S/C14H28N2/c1-3-16(11-14-9-6-10-15-14)12(2)13-7-4-5-8-13/h12-15H,3-11H2,1-2H3. The third kappa shape index (κ3) is 2.98. The van der Waals surface area contributed by atoms with Gasteiger partial charge in [0.05, 0.1) is 0 Å². The summed E-state index contributed by atoms with van der Waals surface area (Å²) in [5.41, 5.74) is 0. The lowest BCUT2D eigenvalue weighted by molar-refractivity contribution is 0.150. The Morgan fingerprint density at radius 1 is 1.19 bits per heavy atom. The summed E-state index contributed by atoms with van der Waals surface area (Å²) in [4.78, 5) is 2.71. The molecule has 0 aromatic rings. The van der Waals surface area contributed by atoms with Crippen molar-refractivity contribution in [2.24, 2.45) is 5.92 Å². The first-order chi connectivity index (χ1) is 7.81. The minimum absolute atomic E-state index is 0.767. The van der Waals surface area contributed by atoms with E-state index in [1.54, 1.807) is 0 Å². The van der Waals surface area contributed by atoms with Crippen molar-refractivity contribution in [1.82, 2.24) is 10.2 Å². The van der Waals surface area contributed by atoms with Crippen LogP contribution >= 0.6 is 0 Å². The Morgan fingerprint density at radius 3 is 2.50 bits per heavy atom. The van der Waals surface area contributed by atoms with Crippen molar-refractivity contribution >= 4 is 0 Å². The second-order valence-corrected chi connectivity index (χ2v) is 5.67. The Hall–Kier alpha value is -0.0800. The number of nitrogens with zero attached hydrogens (tertiary/aromatic N) is 1. The van der Waals surface area contributed by atoms with Crippen molar-refractivity contribution in [1.29, 1.82) is 0 Å². The summed E-state index contributed by atoms with van der Waals surface area (Å²) < 4.78 is 0. The van der Waals surface area contributed by atoms with Gasteiger partial charge in [-0.05, 0) is 51.6 Å². The summed E-state index contributed by atoms with van der Waals surface area (Å²) in [6.07, 6.45) is 8.63. The van der Waals surface area contributed by atoms with E-state index < -0.39 is 0 Å². The van der Waals surface area contributed by atoms with Crippen LogP contribution in [0.3, 0.4) is 0 Å². The van der Waals surface area contributed by atoms with Gasteiger partial charge < -0.3 is 5.32 Å². The average Bonchev–Trinajstić information content (AvgIpc) is 2.97. The Balaban J connectivity index is 1.82. The summed E-state index contributed by atoms with van der Waals surface area (Å²) in [5, 5.41) is 3.63. The molecule has 2 atom stereocenters. The topological polar surface area (TPSA) is 15.3 Å². The molecule has 0 aromatic carbocycles. The van der Waals surface area contributed by atoms with Crippen LogP contribution in [0.15, 0.2) is 0 Å². The summed E-state index contributed by atoms with van der Waals surface area (Å²) in [6.45, 7) is 8.50. The van der Waals surface area contributed by atoms with E-state index in [-0.39, 0.29) is 0 Å². The molecule has 0 spiro atoms. The first kappa shape index (κ1) is 12.4. The monoisotopic (exact) mass is 224 g/mol. The van der Waals surface area contributed by atoms with Crippen LogP contribution in [0.2, 0.25) is 0 Å². The van der Waals surface area contributed by atoms with Crippen molar-refractivity contribution in [2.45, 2.75) is 64.5 Å². The van der Waals surface area contributed by atoms with Gasteiger partial charge in [0, 0.05) is 18.6 Å². The molecule has 2 unspecified atom stereocenters. The Kier molecular flexibility index (Phi) is 4.66. The van der Waals surface area contributed by atoms with Crippen LogP contribution in [0.1, 0.15) is 52.4 Å². The van der Waals surface area contributed by atoms with Gasteiger partial charge in [0.2, 0.25) is 0 Å². The first-order valence-electron chi connectivity index (χ1n) is 7.28. The Morgan fingerprint density at radius 2 is 1.94 bits per heavy atom. The summed E-state index contributed by atoms with van der Waals surface area (Å²) in [7, 11) is 0. The number of hydrogen-bond donors (Lipinski definition) is 1. The molecular weight excluding hydrogens is 196 g/mol. The quantitative estimate of drug-likeness (QED) is 0.772. The highest BCUT2D eigenvalue weighted by molar-refractivity contribution is 4.84. The van der Waals surface area contributed by atoms with Crippen LogP contribution in [0, 0.1) is 5.92 Å². The fraction of sp³-hybridized carbons (Fsp3) is 1.00. The molecule has 2 aliphatic rings. The molecule has 1 saturated carbocycles. The van der Waals surface area contributed by atoms with Gasteiger partial charge in [-0.15, -0.1) is 0 Å².